The second kappa shape index (κ2) is 11.0. The fourth-order valence-corrected chi connectivity index (χ4v) is 5.29. The molecule has 0 aliphatic heterocycles. The van der Waals surface area contributed by atoms with E-state index >= 15 is 0 Å². The number of carbonyl (C=O) groups excluding carboxylic acids is 2. The third kappa shape index (κ3) is 5.54. The first kappa shape index (κ1) is 25.4. The van der Waals surface area contributed by atoms with Gasteiger partial charge in [0.25, 0.3) is 5.91 Å². The number of furan rings is 1. The summed E-state index contributed by atoms with van der Waals surface area (Å²) in [6, 6.07) is 14.1. The average Bonchev–Trinajstić information content (AvgIpc) is 3.57. The van der Waals surface area contributed by atoms with Crippen LogP contribution in [-0.2, 0) is 22.4 Å². The number of carbonyl (C=O) groups is 3. The first-order chi connectivity index (χ1) is 18.4. The van der Waals surface area contributed by atoms with Gasteiger partial charge in [0.1, 0.15) is 12.1 Å². The first-order valence-electron chi connectivity index (χ1n) is 13.0. The Morgan fingerprint density at radius 2 is 1.79 bits per heavy atom. The summed E-state index contributed by atoms with van der Waals surface area (Å²) in [4.78, 5) is 41.4. The van der Waals surface area contributed by atoms with Crippen molar-refractivity contribution in [2.24, 2.45) is 0 Å². The van der Waals surface area contributed by atoms with Gasteiger partial charge < -0.3 is 19.4 Å². The zero-order valence-corrected chi connectivity index (χ0v) is 21.4. The minimum atomic E-state index is -0.899. The molecule has 1 amide bonds. The fourth-order valence-electron chi connectivity index (χ4n) is 5.29. The number of aromatic nitrogens is 2. The van der Waals surface area contributed by atoms with Gasteiger partial charge in [-0.3, -0.25) is 14.4 Å². The van der Waals surface area contributed by atoms with Crippen LogP contribution < -0.4 is 5.32 Å². The van der Waals surface area contributed by atoms with Gasteiger partial charge in [0, 0.05) is 11.6 Å². The Bertz CT molecular complexity index is 1450. The minimum Gasteiger partial charge on any atom is -0.481 e. The molecule has 0 spiro atoms. The van der Waals surface area contributed by atoms with Crippen molar-refractivity contribution in [3.05, 3.63) is 77.7 Å². The van der Waals surface area contributed by atoms with Crippen molar-refractivity contribution in [1.82, 2.24) is 14.9 Å². The van der Waals surface area contributed by atoms with E-state index in [1.165, 1.54) is 26.2 Å². The van der Waals surface area contributed by atoms with Gasteiger partial charge in [0.15, 0.2) is 5.78 Å². The summed E-state index contributed by atoms with van der Waals surface area (Å²) >= 11 is 0. The van der Waals surface area contributed by atoms with Gasteiger partial charge in [-0.15, -0.1) is 0 Å². The number of Topliss-reactive ketones (excluding diaryl/α,β-unsaturated/α-hetero) is 1. The number of aliphatic carboxylic acids is 1. The molecule has 1 aliphatic rings. The molecular formula is C30H31N3O5. The Kier molecular flexibility index (Phi) is 7.40. The number of benzene rings is 2. The third-order valence-corrected chi connectivity index (χ3v) is 7.29. The van der Waals surface area contributed by atoms with Gasteiger partial charge in [-0.05, 0) is 61.6 Å². The Labute approximate surface area is 220 Å². The molecule has 196 valence electrons. The van der Waals surface area contributed by atoms with Crippen LogP contribution in [0.25, 0.3) is 22.4 Å². The number of imidazole rings is 1. The van der Waals surface area contributed by atoms with Crippen LogP contribution in [0.5, 0.6) is 0 Å². The summed E-state index contributed by atoms with van der Waals surface area (Å²) in [5, 5.41) is 11.8. The monoisotopic (exact) mass is 513 g/mol. The Morgan fingerprint density at radius 3 is 2.45 bits per heavy atom. The zero-order chi connectivity index (χ0) is 26.6. The number of carboxylic acid groups (broad SMARTS) is 1. The SMILES string of the molecule is CC(=O)[C@H](Cc1ccc(CC(=O)O)cc1)NC(=O)c1ccc2c(c1)nc(-c1ccoc1)n2C1CCCCC1. The summed E-state index contributed by atoms with van der Waals surface area (Å²) in [6.07, 6.45) is 9.39. The molecule has 0 saturated heterocycles. The van der Waals surface area contributed by atoms with Crippen molar-refractivity contribution in [3.63, 3.8) is 0 Å². The first-order valence-corrected chi connectivity index (χ1v) is 13.0. The van der Waals surface area contributed by atoms with Gasteiger partial charge in [-0.25, -0.2) is 4.98 Å². The van der Waals surface area contributed by atoms with E-state index in [9.17, 15) is 14.4 Å². The van der Waals surface area contributed by atoms with Crippen LogP contribution >= 0.6 is 0 Å². The average molecular weight is 514 g/mol. The molecule has 2 N–H and O–H groups in total. The van der Waals surface area contributed by atoms with Gasteiger partial charge in [0.05, 0.1) is 35.3 Å². The molecule has 0 unspecified atom stereocenters. The second-order valence-electron chi connectivity index (χ2n) is 10.0. The highest BCUT2D eigenvalue weighted by molar-refractivity contribution is 6.00. The number of hydrogen-bond acceptors (Lipinski definition) is 5. The molecule has 2 heterocycles. The fraction of sp³-hybridized carbons (Fsp3) is 0.333. The molecule has 2 aromatic carbocycles. The Balaban J connectivity index is 1.38. The van der Waals surface area contributed by atoms with E-state index in [4.69, 9.17) is 14.5 Å². The summed E-state index contributed by atoms with van der Waals surface area (Å²) in [6.45, 7) is 1.45. The number of fused-ring (bicyclic) bond motifs is 1. The molecule has 1 saturated carbocycles. The summed E-state index contributed by atoms with van der Waals surface area (Å²) < 4.78 is 7.62. The molecule has 8 heteroatoms. The summed E-state index contributed by atoms with van der Waals surface area (Å²) in [5.74, 6) is -0.556. The van der Waals surface area contributed by atoms with Crippen LogP contribution in [-0.4, -0.2) is 38.4 Å². The van der Waals surface area contributed by atoms with E-state index in [1.54, 1.807) is 48.9 Å². The molecule has 1 aliphatic carbocycles. The lowest BCUT2D eigenvalue weighted by molar-refractivity contribution is -0.136. The van der Waals surface area contributed by atoms with E-state index in [-0.39, 0.29) is 18.1 Å². The zero-order valence-electron chi connectivity index (χ0n) is 21.4. The van der Waals surface area contributed by atoms with Gasteiger partial charge >= 0.3 is 5.97 Å². The Morgan fingerprint density at radius 1 is 1.05 bits per heavy atom. The van der Waals surface area contributed by atoms with Crippen LogP contribution in [0.4, 0.5) is 0 Å². The highest BCUT2D eigenvalue weighted by Crippen LogP contribution is 2.36. The molecule has 0 radical (unpaired) electrons. The number of hydrogen-bond donors (Lipinski definition) is 2. The van der Waals surface area contributed by atoms with Crippen molar-refractivity contribution in [3.8, 4) is 11.4 Å². The van der Waals surface area contributed by atoms with Crippen molar-refractivity contribution in [1.29, 1.82) is 0 Å². The minimum absolute atomic E-state index is 0.0611. The number of rotatable bonds is 9. The molecule has 1 atom stereocenters. The maximum atomic E-state index is 13.2. The number of nitrogens with one attached hydrogen (secondary N) is 1. The van der Waals surface area contributed by atoms with E-state index in [1.807, 2.05) is 12.1 Å². The molecule has 8 nitrogen and oxygen atoms in total. The predicted octanol–water partition coefficient (Wildman–Crippen LogP) is 5.36. The predicted molar refractivity (Wildman–Crippen MR) is 143 cm³/mol. The van der Waals surface area contributed by atoms with Crippen molar-refractivity contribution < 1.29 is 23.9 Å². The van der Waals surface area contributed by atoms with E-state index < -0.39 is 12.0 Å². The molecule has 4 aromatic rings. The largest absolute Gasteiger partial charge is 0.481 e. The van der Waals surface area contributed by atoms with Crippen LogP contribution in [0.2, 0.25) is 0 Å². The lowest BCUT2D eigenvalue weighted by atomic mass is 9.95. The maximum Gasteiger partial charge on any atom is 0.307 e. The highest BCUT2D eigenvalue weighted by Gasteiger charge is 2.24. The summed E-state index contributed by atoms with van der Waals surface area (Å²) in [7, 11) is 0. The van der Waals surface area contributed by atoms with Crippen molar-refractivity contribution in [2.75, 3.05) is 0 Å². The summed E-state index contributed by atoms with van der Waals surface area (Å²) in [5.41, 5.74) is 4.57. The van der Waals surface area contributed by atoms with Crippen molar-refractivity contribution in [2.45, 2.75) is 64.0 Å². The van der Waals surface area contributed by atoms with Gasteiger partial charge in [-0.1, -0.05) is 43.5 Å². The standard InChI is InChI=1S/C30H31N3O5/c1-19(34)25(15-20-7-9-21(10-8-20)16-28(35)36)32-30(37)22-11-12-27-26(17-22)31-29(23-13-14-38-18-23)33(27)24-5-3-2-4-6-24/h7-14,17-18,24-25H,2-6,15-16H2,1H3,(H,32,37)(H,35,36)/t25-/m0/s1. The second-order valence-corrected chi connectivity index (χ2v) is 10.0. The smallest absolute Gasteiger partial charge is 0.307 e. The van der Waals surface area contributed by atoms with Crippen LogP contribution in [0, 0.1) is 0 Å². The number of nitrogens with zero attached hydrogens (tertiary/aromatic N) is 2. The highest BCUT2D eigenvalue weighted by atomic mass is 16.4. The van der Waals surface area contributed by atoms with Gasteiger partial charge in [0.2, 0.25) is 0 Å². The molecular weight excluding hydrogens is 482 g/mol. The lowest BCUT2D eigenvalue weighted by Crippen LogP contribution is -2.41. The molecule has 38 heavy (non-hydrogen) atoms. The number of ketones is 1. The molecule has 1 fully saturated rings. The van der Waals surface area contributed by atoms with E-state index in [0.717, 1.165) is 40.8 Å². The van der Waals surface area contributed by atoms with E-state index in [2.05, 4.69) is 9.88 Å². The Hall–Kier alpha value is -4.20. The third-order valence-electron chi connectivity index (χ3n) is 7.29. The van der Waals surface area contributed by atoms with Crippen LogP contribution in [0.15, 0.2) is 65.5 Å². The topological polar surface area (TPSA) is 114 Å². The maximum absolute atomic E-state index is 13.2. The normalized spacial score (nSPS) is 14.9. The van der Waals surface area contributed by atoms with Crippen LogP contribution in [0.3, 0.4) is 0 Å². The molecule has 0 bridgehead atoms. The molecule has 2 aromatic heterocycles. The van der Waals surface area contributed by atoms with Gasteiger partial charge in [-0.2, -0.15) is 0 Å². The number of amides is 1. The van der Waals surface area contributed by atoms with Crippen molar-refractivity contribution >= 4 is 28.7 Å². The number of carboxylic acids is 1. The lowest BCUT2D eigenvalue weighted by Gasteiger charge is -2.25. The van der Waals surface area contributed by atoms with E-state index in [0.29, 0.717) is 23.6 Å². The van der Waals surface area contributed by atoms with Crippen LogP contribution in [0.1, 0.15) is 66.6 Å². The molecule has 5 rings (SSSR count). The quantitative estimate of drug-likeness (QED) is 0.311.